The quantitative estimate of drug-likeness (QED) is 0.621. The highest BCUT2D eigenvalue weighted by Gasteiger charge is 2.23. The molecule has 0 amide bonds. The van der Waals surface area contributed by atoms with Gasteiger partial charge in [0.25, 0.3) is 0 Å². The van der Waals surface area contributed by atoms with Crippen LogP contribution in [0.4, 0.5) is 5.82 Å². The lowest BCUT2D eigenvalue weighted by molar-refractivity contribution is 0.174. The molecule has 0 saturated carbocycles. The monoisotopic (exact) mass is 395 g/mol. The molecule has 0 spiro atoms. The zero-order valence-corrected chi connectivity index (χ0v) is 17.0. The summed E-state index contributed by atoms with van der Waals surface area (Å²) in [5, 5.41) is 3.92. The molecule has 9 heteroatoms. The standard InChI is InChI=1S/C20H25N7O2/c1-14-15(2)22-19(16-4-6-21-7-5-16)24-20(14)27-10-8-26(9-11-27)12-18-23-17(13-28-3)25-29-18/h4-7H,8-13H2,1-3H3. The number of pyridine rings is 1. The van der Waals surface area contributed by atoms with E-state index in [1.807, 2.05) is 19.1 Å². The third kappa shape index (κ3) is 4.41. The first-order valence-corrected chi connectivity index (χ1v) is 9.67. The fraction of sp³-hybridized carbons (Fsp3) is 0.450. The second-order valence-corrected chi connectivity index (χ2v) is 7.12. The third-order valence-corrected chi connectivity index (χ3v) is 5.12. The molecule has 3 aromatic heterocycles. The molecule has 1 aliphatic rings. The van der Waals surface area contributed by atoms with Gasteiger partial charge < -0.3 is 14.2 Å². The highest BCUT2D eigenvalue weighted by atomic mass is 16.5. The molecule has 152 valence electrons. The van der Waals surface area contributed by atoms with Crippen molar-refractivity contribution in [1.82, 2.24) is 30.0 Å². The van der Waals surface area contributed by atoms with Gasteiger partial charge in [0.1, 0.15) is 12.4 Å². The van der Waals surface area contributed by atoms with Crippen LogP contribution in [0, 0.1) is 13.8 Å². The smallest absolute Gasteiger partial charge is 0.240 e. The molecule has 0 radical (unpaired) electrons. The first-order valence-electron chi connectivity index (χ1n) is 9.67. The molecule has 1 fully saturated rings. The molecule has 0 unspecified atom stereocenters. The van der Waals surface area contributed by atoms with Crippen LogP contribution in [0.2, 0.25) is 0 Å². The van der Waals surface area contributed by atoms with Crippen molar-refractivity contribution in [3.05, 3.63) is 47.5 Å². The van der Waals surface area contributed by atoms with Crippen LogP contribution in [0.3, 0.4) is 0 Å². The van der Waals surface area contributed by atoms with Gasteiger partial charge in [-0.2, -0.15) is 4.98 Å². The minimum Gasteiger partial charge on any atom is -0.377 e. The second kappa shape index (κ2) is 8.62. The zero-order valence-electron chi connectivity index (χ0n) is 17.0. The fourth-order valence-electron chi connectivity index (χ4n) is 3.40. The van der Waals surface area contributed by atoms with E-state index in [2.05, 4.69) is 36.8 Å². The first kappa shape index (κ1) is 19.4. The van der Waals surface area contributed by atoms with Crippen molar-refractivity contribution in [2.75, 3.05) is 38.2 Å². The second-order valence-electron chi connectivity index (χ2n) is 7.12. The lowest BCUT2D eigenvalue weighted by Crippen LogP contribution is -2.46. The maximum atomic E-state index is 5.31. The summed E-state index contributed by atoms with van der Waals surface area (Å²) >= 11 is 0. The highest BCUT2D eigenvalue weighted by molar-refractivity contribution is 5.60. The van der Waals surface area contributed by atoms with Crippen LogP contribution in [-0.2, 0) is 17.9 Å². The Morgan fingerprint density at radius 3 is 2.52 bits per heavy atom. The summed E-state index contributed by atoms with van der Waals surface area (Å²) in [5.41, 5.74) is 3.10. The van der Waals surface area contributed by atoms with Crippen LogP contribution in [0.25, 0.3) is 11.4 Å². The summed E-state index contributed by atoms with van der Waals surface area (Å²) in [5.74, 6) is 2.95. The van der Waals surface area contributed by atoms with E-state index in [0.29, 0.717) is 24.9 Å². The molecule has 0 bridgehead atoms. The molecule has 3 aromatic rings. The zero-order chi connectivity index (χ0) is 20.2. The number of hydrogen-bond acceptors (Lipinski definition) is 9. The van der Waals surface area contributed by atoms with E-state index >= 15 is 0 Å². The van der Waals surface area contributed by atoms with E-state index in [9.17, 15) is 0 Å². The Labute approximate surface area is 169 Å². The number of piperazine rings is 1. The van der Waals surface area contributed by atoms with Crippen molar-refractivity contribution in [2.45, 2.75) is 27.0 Å². The van der Waals surface area contributed by atoms with Gasteiger partial charge in [-0.1, -0.05) is 5.16 Å². The first-order chi connectivity index (χ1) is 14.1. The van der Waals surface area contributed by atoms with Crippen LogP contribution in [0.1, 0.15) is 23.0 Å². The van der Waals surface area contributed by atoms with Gasteiger partial charge in [0, 0.05) is 62.5 Å². The van der Waals surface area contributed by atoms with Crippen molar-refractivity contribution in [2.24, 2.45) is 0 Å². The van der Waals surface area contributed by atoms with E-state index in [0.717, 1.165) is 54.6 Å². The van der Waals surface area contributed by atoms with Gasteiger partial charge >= 0.3 is 0 Å². The highest BCUT2D eigenvalue weighted by Crippen LogP contribution is 2.25. The molecule has 4 rings (SSSR count). The maximum absolute atomic E-state index is 5.31. The number of aryl methyl sites for hydroxylation is 1. The Hall–Kier alpha value is -2.91. The van der Waals surface area contributed by atoms with Crippen LogP contribution >= 0.6 is 0 Å². The fourth-order valence-corrected chi connectivity index (χ4v) is 3.40. The van der Waals surface area contributed by atoms with Crippen molar-refractivity contribution >= 4 is 5.82 Å². The molecule has 29 heavy (non-hydrogen) atoms. The Balaban J connectivity index is 1.44. The molecule has 0 atom stereocenters. The minimum atomic E-state index is 0.365. The van der Waals surface area contributed by atoms with Crippen LogP contribution in [-0.4, -0.2) is 63.3 Å². The van der Waals surface area contributed by atoms with Gasteiger partial charge in [0.2, 0.25) is 5.89 Å². The number of hydrogen-bond donors (Lipinski definition) is 0. The Kier molecular flexibility index (Phi) is 5.77. The van der Waals surface area contributed by atoms with Crippen LogP contribution < -0.4 is 4.90 Å². The number of rotatable bonds is 6. The summed E-state index contributed by atoms with van der Waals surface area (Å²) in [4.78, 5) is 22.6. The van der Waals surface area contributed by atoms with Gasteiger partial charge in [-0.15, -0.1) is 0 Å². The third-order valence-electron chi connectivity index (χ3n) is 5.12. The minimum absolute atomic E-state index is 0.365. The van der Waals surface area contributed by atoms with Gasteiger partial charge in [0.15, 0.2) is 11.6 Å². The summed E-state index contributed by atoms with van der Waals surface area (Å²) < 4.78 is 10.3. The van der Waals surface area contributed by atoms with E-state index in [1.165, 1.54) is 0 Å². The Bertz CT molecular complexity index is 953. The van der Waals surface area contributed by atoms with Gasteiger partial charge in [-0.25, -0.2) is 9.97 Å². The van der Waals surface area contributed by atoms with Crippen LogP contribution in [0.5, 0.6) is 0 Å². The Morgan fingerprint density at radius 2 is 1.79 bits per heavy atom. The Morgan fingerprint density at radius 1 is 1.03 bits per heavy atom. The molecular weight excluding hydrogens is 370 g/mol. The molecule has 1 saturated heterocycles. The predicted octanol–water partition coefficient (Wildman–Crippen LogP) is 2.01. The maximum Gasteiger partial charge on any atom is 0.240 e. The van der Waals surface area contributed by atoms with E-state index in [1.54, 1.807) is 19.5 Å². The van der Waals surface area contributed by atoms with Gasteiger partial charge in [0.05, 0.1) is 6.54 Å². The number of nitrogens with zero attached hydrogens (tertiary/aromatic N) is 7. The molecular formula is C20H25N7O2. The topological polar surface area (TPSA) is 93.3 Å². The predicted molar refractivity (Wildman–Crippen MR) is 107 cm³/mol. The molecule has 9 nitrogen and oxygen atoms in total. The average Bonchev–Trinajstić information content (AvgIpc) is 3.18. The van der Waals surface area contributed by atoms with Gasteiger partial charge in [-0.3, -0.25) is 9.88 Å². The van der Waals surface area contributed by atoms with E-state index < -0.39 is 0 Å². The van der Waals surface area contributed by atoms with Crippen LogP contribution in [0.15, 0.2) is 29.0 Å². The number of aromatic nitrogens is 5. The van der Waals surface area contributed by atoms with E-state index in [4.69, 9.17) is 14.2 Å². The summed E-state index contributed by atoms with van der Waals surface area (Å²) in [7, 11) is 1.62. The normalized spacial score (nSPS) is 15.1. The molecule has 0 N–H and O–H groups in total. The molecule has 0 aromatic carbocycles. The number of methoxy groups -OCH3 is 1. The molecule has 4 heterocycles. The van der Waals surface area contributed by atoms with Crippen molar-refractivity contribution < 1.29 is 9.26 Å². The number of ether oxygens (including phenoxy) is 1. The summed E-state index contributed by atoms with van der Waals surface area (Å²) in [6, 6.07) is 3.88. The average molecular weight is 395 g/mol. The lowest BCUT2D eigenvalue weighted by Gasteiger charge is -2.35. The van der Waals surface area contributed by atoms with Gasteiger partial charge in [-0.05, 0) is 26.0 Å². The summed E-state index contributed by atoms with van der Waals surface area (Å²) in [6.07, 6.45) is 3.53. The van der Waals surface area contributed by atoms with Crippen molar-refractivity contribution in [3.63, 3.8) is 0 Å². The molecule has 1 aliphatic heterocycles. The molecule has 0 aliphatic carbocycles. The summed E-state index contributed by atoms with van der Waals surface area (Å²) in [6.45, 7) is 8.69. The van der Waals surface area contributed by atoms with Crippen molar-refractivity contribution in [3.8, 4) is 11.4 Å². The largest absolute Gasteiger partial charge is 0.377 e. The van der Waals surface area contributed by atoms with E-state index in [-0.39, 0.29) is 0 Å². The lowest BCUT2D eigenvalue weighted by atomic mass is 10.2. The number of anilines is 1. The SMILES string of the molecule is COCc1noc(CN2CCN(c3nc(-c4ccncc4)nc(C)c3C)CC2)n1. The van der Waals surface area contributed by atoms with Crippen molar-refractivity contribution in [1.29, 1.82) is 0 Å².